The number of nitrogens with zero attached hydrogens (tertiary/aromatic N) is 2. The molecule has 5 nitrogen and oxygen atoms in total. The van der Waals surface area contributed by atoms with Crippen LogP contribution in [0.4, 0.5) is 0 Å². The Labute approximate surface area is 130 Å². The zero-order chi connectivity index (χ0) is 15.8. The molecule has 0 amide bonds. The predicted octanol–water partition coefficient (Wildman–Crippen LogP) is 1.19. The SMILES string of the molecule is COC(=O)C(CCN1CCN(CC(C)C)CC1)NC(C)C. The van der Waals surface area contributed by atoms with Gasteiger partial charge < -0.3 is 19.9 Å². The summed E-state index contributed by atoms with van der Waals surface area (Å²) in [6, 6.07) is 0.0979. The van der Waals surface area contributed by atoms with Crippen LogP contribution in [0.25, 0.3) is 0 Å². The molecule has 0 radical (unpaired) electrons. The molecule has 0 bridgehead atoms. The quantitative estimate of drug-likeness (QED) is 0.682. The van der Waals surface area contributed by atoms with Gasteiger partial charge in [0.25, 0.3) is 0 Å². The number of nitrogens with one attached hydrogen (secondary N) is 1. The summed E-state index contributed by atoms with van der Waals surface area (Å²) >= 11 is 0. The Balaban J connectivity index is 2.32. The van der Waals surface area contributed by atoms with Gasteiger partial charge in [-0.2, -0.15) is 0 Å². The van der Waals surface area contributed by atoms with Crippen molar-refractivity contribution < 1.29 is 9.53 Å². The molecule has 124 valence electrons. The van der Waals surface area contributed by atoms with Gasteiger partial charge in [0, 0.05) is 45.3 Å². The maximum atomic E-state index is 11.8. The molecule has 1 aliphatic heterocycles. The van der Waals surface area contributed by atoms with Crippen LogP contribution in [0.3, 0.4) is 0 Å². The maximum Gasteiger partial charge on any atom is 0.322 e. The second-order valence-electron chi connectivity index (χ2n) is 6.72. The Morgan fingerprint density at radius 1 is 1.10 bits per heavy atom. The standard InChI is InChI=1S/C16H33N3O2/c1-13(2)12-19-10-8-18(9-11-19)7-6-15(16(20)21-5)17-14(3)4/h13-15,17H,6-12H2,1-5H3. The summed E-state index contributed by atoms with van der Waals surface area (Å²) < 4.78 is 4.89. The highest BCUT2D eigenvalue weighted by Gasteiger charge is 2.22. The van der Waals surface area contributed by atoms with Crippen molar-refractivity contribution in [3.63, 3.8) is 0 Å². The summed E-state index contributed by atoms with van der Waals surface area (Å²) in [5, 5.41) is 3.29. The van der Waals surface area contributed by atoms with Gasteiger partial charge in [-0.25, -0.2) is 0 Å². The molecular formula is C16H33N3O2. The van der Waals surface area contributed by atoms with Crippen LogP contribution in [-0.2, 0) is 9.53 Å². The fourth-order valence-corrected chi connectivity index (χ4v) is 2.84. The van der Waals surface area contributed by atoms with Gasteiger partial charge in [-0.05, 0) is 12.3 Å². The van der Waals surface area contributed by atoms with Gasteiger partial charge in [0.2, 0.25) is 0 Å². The molecule has 1 N–H and O–H groups in total. The molecule has 0 aromatic rings. The molecule has 1 atom stereocenters. The lowest BCUT2D eigenvalue weighted by atomic mass is 10.1. The van der Waals surface area contributed by atoms with E-state index >= 15 is 0 Å². The third-order valence-electron chi connectivity index (χ3n) is 3.84. The minimum atomic E-state index is -0.191. The van der Waals surface area contributed by atoms with Crippen molar-refractivity contribution in [2.24, 2.45) is 5.92 Å². The number of carbonyl (C=O) groups is 1. The summed E-state index contributed by atoms with van der Waals surface area (Å²) in [7, 11) is 1.46. The second-order valence-corrected chi connectivity index (χ2v) is 6.72. The van der Waals surface area contributed by atoms with Gasteiger partial charge in [-0.15, -0.1) is 0 Å². The van der Waals surface area contributed by atoms with Crippen LogP contribution in [0.5, 0.6) is 0 Å². The Hall–Kier alpha value is -0.650. The summed E-state index contributed by atoms with van der Waals surface area (Å²) in [5.41, 5.74) is 0. The van der Waals surface area contributed by atoms with E-state index in [4.69, 9.17) is 4.74 Å². The molecule has 0 aromatic heterocycles. The van der Waals surface area contributed by atoms with E-state index in [0.717, 1.165) is 45.1 Å². The molecule has 1 aliphatic rings. The first-order chi connectivity index (χ1) is 9.92. The van der Waals surface area contributed by atoms with Crippen LogP contribution in [-0.4, -0.2) is 74.2 Å². The van der Waals surface area contributed by atoms with E-state index in [9.17, 15) is 4.79 Å². The number of piperazine rings is 1. The van der Waals surface area contributed by atoms with Crippen LogP contribution in [0.2, 0.25) is 0 Å². The lowest BCUT2D eigenvalue weighted by Gasteiger charge is -2.36. The van der Waals surface area contributed by atoms with E-state index in [1.807, 2.05) is 0 Å². The van der Waals surface area contributed by atoms with Gasteiger partial charge in [0.05, 0.1) is 7.11 Å². The van der Waals surface area contributed by atoms with E-state index in [-0.39, 0.29) is 18.1 Å². The lowest BCUT2D eigenvalue weighted by Crippen LogP contribution is -2.49. The van der Waals surface area contributed by atoms with Crippen molar-refractivity contribution in [1.82, 2.24) is 15.1 Å². The highest BCUT2D eigenvalue weighted by molar-refractivity contribution is 5.75. The summed E-state index contributed by atoms with van der Waals surface area (Å²) in [5.74, 6) is 0.581. The third kappa shape index (κ3) is 7.25. The fraction of sp³-hybridized carbons (Fsp3) is 0.938. The number of ether oxygens (including phenoxy) is 1. The molecule has 0 saturated carbocycles. The Bertz CT molecular complexity index is 300. The van der Waals surface area contributed by atoms with Crippen molar-refractivity contribution in [1.29, 1.82) is 0 Å². The zero-order valence-corrected chi connectivity index (χ0v) is 14.4. The normalized spacial score (nSPS) is 19.2. The molecule has 1 unspecified atom stereocenters. The maximum absolute atomic E-state index is 11.8. The van der Waals surface area contributed by atoms with Crippen molar-refractivity contribution in [2.75, 3.05) is 46.4 Å². The molecule has 5 heteroatoms. The van der Waals surface area contributed by atoms with Crippen LogP contribution in [0.1, 0.15) is 34.1 Å². The molecule has 1 heterocycles. The minimum absolute atomic E-state index is 0.151. The average Bonchev–Trinajstić information content (AvgIpc) is 2.43. The first-order valence-electron chi connectivity index (χ1n) is 8.21. The van der Waals surface area contributed by atoms with Gasteiger partial charge in [0.15, 0.2) is 0 Å². The zero-order valence-electron chi connectivity index (χ0n) is 14.4. The summed E-state index contributed by atoms with van der Waals surface area (Å²) in [6.45, 7) is 15.3. The highest BCUT2D eigenvalue weighted by Crippen LogP contribution is 2.07. The van der Waals surface area contributed by atoms with Gasteiger partial charge in [0.1, 0.15) is 6.04 Å². The average molecular weight is 299 g/mol. The van der Waals surface area contributed by atoms with Crippen LogP contribution >= 0.6 is 0 Å². The summed E-state index contributed by atoms with van der Waals surface area (Å²) in [4.78, 5) is 16.8. The summed E-state index contributed by atoms with van der Waals surface area (Å²) in [6.07, 6.45) is 0.815. The van der Waals surface area contributed by atoms with Gasteiger partial charge >= 0.3 is 5.97 Å². The van der Waals surface area contributed by atoms with Crippen molar-refractivity contribution >= 4 is 5.97 Å². The smallest absolute Gasteiger partial charge is 0.322 e. The number of rotatable bonds is 8. The number of hydrogen-bond donors (Lipinski definition) is 1. The molecule has 0 spiro atoms. The van der Waals surface area contributed by atoms with Crippen LogP contribution in [0, 0.1) is 5.92 Å². The fourth-order valence-electron chi connectivity index (χ4n) is 2.84. The monoisotopic (exact) mass is 299 g/mol. The van der Waals surface area contributed by atoms with Crippen molar-refractivity contribution in [2.45, 2.75) is 46.2 Å². The van der Waals surface area contributed by atoms with Crippen molar-refractivity contribution in [3.05, 3.63) is 0 Å². The Kier molecular flexibility index (Phi) is 8.22. The third-order valence-corrected chi connectivity index (χ3v) is 3.84. The molecular weight excluding hydrogens is 266 g/mol. The van der Waals surface area contributed by atoms with Crippen LogP contribution in [0.15, 0.2) is 0 Å². The largest absolute Gasteiger partial charge is 0.468 e. The van der Waals surface area contributed by atoms with E-state index in [2.05, 4.69) is 42.8 Å². The van der Waals surface area contributed by atoms with E-state index < -0.39 is 0 Å². The number of carbonyl (C=O) groups excluding carboxylic acids is 1. The number of esters is 1. The first-order valence-corrected chi connectivity index (χ1v) is 8.21. The highest BCUT2D eigenvalue weighted by atomic mass is 16.5. The van der Waals surface area contributed by atoms with E-state index in [1.54, 1.807) is 0 Å². The lowest BCUT2D eigenvalue weighted by molar-refractivity contribution is -0.143. The van der Waals surface area contributed by atoms with Gasteiger partial charge in [-0.1, -0.05) is 27.7 Å². The minimum Gasteiger partial charge on any atom is -0.468 e. The Morgan fingerprint density at radius 2 is 1.67 bits per heavy atom. The molecule has 21 heavy (non-hydrogen) atoms. The molecule has 1 rings (SSSR count). The van der Waals surface area contributed by atoms with E-state index in [1.165, 1.54) is 13.7 Å². The number of methoxy groups -OCH3 is 1. The second kappa shape index (κ2) is 9.38. The van der Waals surface area contributed by atoms with Gasteiger partial charge in [-0.3, -0.25) is 4.79 Å². The predicted molar refractivity (Wildman–Crippen MR) is 86.4 cm³/mol. The topological polar surface area (TPSA) is 44.8 Å². The molecule has 1 fully saturated rings. The number of hydrogen-bond acceptors (Lipinski definition) is 5. The molecule has 0 aromatic carbocycles. The molecule has 1 saturated heterocycles. The van der Waals surface area contributed by atoms with Crippen molar-refractivity contribution in [3.8, 4) is 0 Å². The van der Waals surface area contributed by atoms with Crippen LogP contribution < -0.4 is 5.32 Å². The first kappa shape index (κ1) is 18.4. The Morgan fingerprint density at radius 3 is 2.14 bits per heavy atom. The van der Waals surface area contributed by atoms with E-state index in [0.29, 0.717) is 0 Å². The molecule has 0 aliphatic carbocycles.